The summed E-state index contributed by atoms with van der Waals surface area (Å²) in [7, 11) is -2.02. The van der Waals surface area contributed by atoms with Gasteiger partial charge in [-0.2, -0.15) is 0 Å². The summed E-state index contributed by atoms with van der Waals surface area (Å²) in [4.78, 5) is 15.9. The predicted molar refractivity (Wildman–Crippen MR) is 94.1 cm³/mol. The average molecular weight is 354 g/mol. The number of hydrogen-bond acceptors (Lipinski definition) is 5. The Morgan fingerprint density at radius 1 is 1.12 bits per heavy atom. The average Bonchev–Trinajstić information content (AvgIpc) is 2.89. The molecule has 6 nitrogen and oxygen atoms in total. The molecular weight excluding hydrogens is 340 g/mol. The maximum Gasteiger partial charge on any atom is 0.419 e. The van der Waals surface area contributed by atoms with E-state index in [0.29, 0.717) is 11.1 Å². The number of oxazole rings is 1. The maximum atomic E-state index is 12.8. The minimum atomic E-state index is -3.60. The first-order valence-corrected chi connectivity index (χ1v) is 9.26. The molecule has 2 aromatic heterocycles. The maximum absolute atomic E-state index is 12.8. The van der Waals surface area contributed by atoms with E-state index in [9.17, 15) is 13.2 Å². The van der Waals surface area contributed by atoms with E-state index in [2.05, 4.69) is 4.98 Å². The van der Waals surface area contributed by atoms with Gasteiger partial charge in [0.05, 0.1) is 21.7 Å². The van der Waals surface area contributed by atoms with Gasteiger partial charge in [0.25, 0.3) is 0 Å². The van der Waals surface area contributed by atoms with Crippen molar-refractivity contribution >= 4 is 31.8 Å². The highest BCUT2D eigenvalue weighted by atomic mass is 32.2. The van der Waals surface area contributed by atoms with Crippen molar-refractivity contribution in [3.8, 4) is 0 Å². The van der Waals surface area contributed by atoms with Crippen LogP contribution in [0.4, 0.5) is 0 Å². The van der Waals surface area contributed by atoms with Crippen molar-refractivity contribution in [1.29, 1.82) is 0 Å². The Bertz CT molecular complexity index is 1260. The summed E-state index contributed by atoms with van der Waals surface area (Å²) in [5.41, 5.74) is 2.24. The molecular formula is C18H14N2O4S. The first-order chi connectivity index (χ1) is 12.0. The fraction of sp³-hybridized carbons (Fsp3) is 0.111. The van der Waals surface area contributed by atoms with Gasteiger partial charge < -0.3 is 4.42 Å². The van der Waals surface area contributed by atoms with Crippen LogP contribution in [-0.4, -0.2) is 18.0 Å². The van der Waals surface area contributed by atoms with Crippen LogP contribution in [0.2, 0.25) is 0 Å². The van der Waals surface area contributed by atoms with Gasteiger partial charge in [0, 0.05) is 24.7 Å². The standard InChI is InChI=1S/C18H14N2O4S/c1-20-16-8-7-13(10-17(16)24-18(20)21)25(22,23)11-12-4-2-6-15-14(12)5-3-9-19-15/h2-10H,11H2,1H3. The molecule has 0 spiro atoms. The number of rotatable bonds is 3. The van der Waals surface area contributed by atoms with Crippen LogP contribution in [0.1, 0.15) is 5.56 Å². The number of fused-ring (bicyclic) bond motifs is 2. The molecule has 0 saturated heterocycles. The van der Waals surface area contributed by atoms with E-state index in [4.69, 9.17) is 4.42 Å². The van der Waals surface area contributed by atoms with E-state index in [0.717, 1.165) is 10.9 Å². The molecule has 0 bridgehead atoms. The zero-order valence-electron chi connectivity index (χ0n) is 13.3. The van der Waals surface area contributed by atoms with Crippen LogP contribution < -0.4 is 5.76 Å². The topological polar surface area (TPSA) is 82.2 Å². The van der Waals surface area contributed by atoms with Crippen LogP contribution in [0.5, 0.6) is 0 Å². The summed E-state index contributed by atoms with van der Waals surface area (Å²) in [6, 6.07) is 13.5. The summed E-state index contributed by atoms with van der Waals surface area (Å²) in [6.45, 7) is 0. The van der Waals surface area contributed by atoms with Crippen molar-refractivity contribution in [2.24, 2.45) is 7.05 Å². The lowest BCUT2D eigenvalue weighted by molar-refractivity contribution is 0.527. The molecule has 0 aliphatic rings. The minimum Gasteiger partial charge on any atom is -0.408 e. The Kier molecular flexibility index (Phi) is 3.47. The second-order valence-corrected chi connectivity index (χ2v) is 7.79. The molecule has 0 atom stereocenters. The SMILES string of the molecule is Cn1c(=O)oc2cc(S(=O)(=O)Cc3cccc4ncccc34)ccc21. The van der Waals surface area contributed by atoms with Gasteiger partial charge in [0.1, 0.15) is 0 Å². The molecule has 25 heavy (non-hydrogen) atoms. The molecule has 0 radical (unpaired) electrons. The summed E-state index contributed by atoms with van der Waals surface area (Å²) in [6.07, 6.45) is 1.67. The molecule has 0 fully saturated rings. The molecule has 0 N–H and O–H groups in total. The van der Waals surface area contributed by atoms with E-state index in [-0.39, 0.29) is 16.2 Å². The summed E-state index contributed by atoms with van der Waals surface area (Å²) < 4.78 is 32.1. The molecule has 0 aliphatic carbocycles. The number of hydrogen-bond donors (Lipinski definition) is 0. The largest absolute Gasteiger partial charge is 0.419 e. The molecule has 2 heterocycles. The fourth-order valence-electron chi connectivity index (χ4n) is 2.89. The predicted octanol–water partition coefficient (Wildman–Crippen LogP) is 2.65. The van der Waals surface area contributed by atoms with E-state index in [1.54, 1.807) is 37.5 Å². The molecule has 126 valence electrons. The zero-order chi connectivity index (χ0) is 17.6. The Hall–Kier alpha value is -2.93. The second kappa shape index (κ2) is 5.56. The Morgan fingerprint density at radius 3 is 2.80 bits per heavy atom. The van der Waals surface area contributed by atoms with Gasteiger partial charge >= 0.3 is 5.76 Å². The van der Waals surface area contributed by atoms with Crippen LogP contribution in [0.3, 0.4) is 0 Å². The van der Waals surface area contributed by atoms with E-state index < -0.39 is 15.6 Å². The lowest BCUT2D eigenvalue weighted by Crippen LogP contribution is -2.08. The number of pyridine rings is 1. The molecule has 0 amide bonds. The summed E-state index contributed by atoms with van der Waals surface area (Å²) >= 11 is 0. The normalized spacial score (nSPS) is 12.0. The van der Waals surface area contributed by atoms with Gasteiger partial charge in [-0.25, -0.2) is 13.2 Å². The lowest BCUT2D eigenvalue weighted by atomic mass is 10.1. The van der Waals surface area contributed by atoms with Crippen molar-refractivity contribution in [1.82, 2.24) is 9.55 Å². The third kappa shape index (κ3) is 2.62. The highest BCUT2D eigenvalue weighted by Gasteiger charge is 2.19. The molecule has 0 saturated carbocycles. The Labute approximate surface area is 143 Å². The molecule has 0 unspecified atom stereocenters. The minimum absolute atomic E-state index is 0.121. The van der Waals surface area contributed by atoms with Crippen molar-refractivity contribution in [3.05, 3.63) is 70.8 Å². The number of aromatic nitrogens is 2. The first kappa shape index (κ1) is 15.6. The molecule has 4 aromatic rings. The summed E-state index contributed by atoms with van der Waals surface area (Å²) in [5, 5.41) is 0.806. The smallest absolute Gasteiger partial charge is 0.408 e. The summed E-state index contributed by atoms with van der Waals surface area (Å²) in [5.74, 6) is -0.678. The van der Waals surface area contributed by atoms with Gasteiger partial charge in [0.2, 0.25) is 0 Å². The van der Waals surface area contributed by atoms with E-state index >= 15 is 0 Å². The van der Waals surface area contributed by atoms with Gasteiger partial charge in [-0.1, -0.05) is 18.2 Å². The van der Waals surface area contributed by atoms with Crippen molar-refractivity contribution in [2.45, 2.75) is 10.6 Å². The lowest BCUT2D eigenvalue weighted by Gasteiger charge is -2.07. The molecule has 0 aliphatic heterocycles. The third-order valence-corrected chi connectivity index (χ3v) is 5.87. The van der Waals surface area contributed by atoms with Crippen molar-refractivity contribution < 1.29 is 12.8 Å². The number of sulfone groups is 1. The molecule has 4 rings (SSSR count). The molecule has 7 heteroatoms. The van der Waals surface area contributed by atoms with E-state index in [1.165, 1.54) is 16.7 Å². The van der Waals surface area contributed by atoms with Crippen molar-refractivity contribution in [3.63, 3.8) is 0 Å². The van der Waals surface area contributed by atoms with Crippen molar-refractivity contribution in [2.75, 3.05) is 0 Å². The van der Waals surface area contributed by atoms with Crippen LogP contribution in [-0.2, 0) is 22.6 Å². The molecule has 2 aromatic carbocycles. The van der Waals surface area contributed by atoms with Gasteiger partial charge in [0.15, 0.2) is 15.4 Å². The number of benzene rings is 2. The van der Waals surface area contributed by atoms with Crippen LogP contribution >= 0.6 is 0 Å². The Balaban J connectivity index is 1.80. The van der Waals surface area contributed by atoms with Gasteiger partial charge in [-0.05, 0) is 29.8 Å². The second-order valence-electron chi connectivity index (χ2n) is 5.80. The van der Waals surface area contributed by atoms with Crippen LogP contribution in [0.15, 0.2) is 68.8 Å². The first-order valence-electron chi connectivity index (χ1n) is 7.61. The third-order valence-electron chi connectivity index (χ3n) is 4.20. The van der Waals surface area contributed by atoms with Crippen LogP contribution in [0.25, 0.3) is 22.0 Å². The number of nitrogens with zero attached hydrogens (tertiary/aromatic N) is 2. The Morgan fingerprint density at radius 2 is 1.96 bits per heavy atom. The van der Waals surface area contributed by atoms with Crippen LogP contribution in [0, 0.1) is 0 Å². The zero-order valence-corrected chi connectivity index (χ0v) is 14.2. The quantitative estimate of drug-likeness (QED) is 0.565. The van der Waals surface area contributed by atoms with Gasteiger partial charge in [-0.3, -0.25) is 9.55 Å². The van der Waals surface area contributed by atoms with Gasteiger partial charge in [-0.15, -0.1) is 0 Å². The highest BCUT2D eigenvalue weighted by Crippen LogP contribution is 2.24. The monoisotopic (exact) mass is 354 g/mol. The highest BCUT2D eigenvalue weighted by molar-refractivity contribution is 7.90. The fourth-order valence-corrected chi connectivity index (χ4v) is 4.28. The number of aryl methyl sites for hydroxylation is 1. The van der Waals surface area contributed by atoms with E-state index in [1.807, 2.05) is 12.1 Å².